The largest absolute Gasteiger partial charge is 0.390 e. The number of aryl methyl sites for hydroxylation is 2. The van der Waals surface area contributed by atoms with Crippen LogP contribution in [0.3, 0.4) is 0 Å². The molecule has 0 radical (unpaired) electrons. The Morgan fingerprint density at radius 3 is 2.80 bits per heavy atom. The van der Waals surface area contributed by atoms with Crippen LogP contribution in [0.4, 0.5) is 0 Å². The van der Waals surface area contributed by atoms with E-state index in [-0.39, 0.29) is 11.8 Å². The molecular weight excluding hydrogens is 316 g/mol. The number of aromatic nitrogens is 1. The molecular formula is C20H26N2O3. The Morgan fingerprint density at radius 2 is 2.12 bits per heavy atom. The average molecular weight is 342 g/mol. The Kier molecular flexibility index (Phi) is 4.69. The van der Waals surface area contributed by atoms with Crippen molar-refractivity contribution in [3.8, 4) is 11.3 Å². The lowest BCUT2D eigenvalue weighted by Crippen LogP contribution is -2.47. The van der Waals surface area contributed by atoms with Crippen LogP contribution in [-0.4, -0.2) is 39.8 Å². The third kappa shape index (κ3) is 3.61. The minimum atomic E-state index is -0.788. The van der Waals surface area contributed by atoms with Crippen molar-refractivity contribution in [3.05, 3.63) is 41.2 Å². The maximum atomic E-state index is 13.1. The van der Waals surface area contributed by atoms with Gasteiger partial charge in [0.15, 0.2) is 0 Å². The summed E-state index contributed by atoms with van der Waals surface area (Å²) in [4.78, 5) is 14.9. The summed E-state index contributed by atoms with van der Waals surface area (Å²) in [5.41, 5.74) is 3.44. The molecule has 1 atom stereocenters. The molecule has 1 aromatic heterocycles. The van der Waals surface area contributed by atoms with Crippen molar-refractivity contribution in [2.45, 2.75) is 46.1 Å². The second-order valence-electron chi connectivity index (χ2n) is 7.64. The highest BCUT2D eigenvalue weighted by Gasteiger charge is 2.34. The third-order valence-corrected chi connectivity index (χ3v) is 5.14. The van der Waals surface area contributed by atoms with Crippen LogP contribution in [0.15, 0.2) is 29.0 Å². The summed E-state index contributed by atoms with van der Waals surface area (Å²) in [6.07, 6.45) is 3.26. The quantitative estimate of drug-likeness (QED) is 0.926. The van der Waals surface area contributed by atoms with E-state index in [0.29, 0.717) is 24.3 Å². The molecule has 2 heterocycles. The number of aliphatic hydroxyl groups is 1. The van der Waals surface area contributed by atoms with Gasteiger partial charge in [0.1, 0.15) is 17.5 Å². The summed E-state index contributed by atoms with van der Waals surface area (Å²) in [7, 11) is 0. The molecule has 0 bridgehead atoms. The van der Waals surface area contributed by atoms with E-state index in [1.165, 1.54) is 11.8 Å². The van der Waals surface area contributed by atoms with Crippen molar-refractivity contribution in [1.82, 2.24) is 10.1 Å². The smallest absolute Gasteiger partial charge is 0.259 e. The van der Waals surface area contributed by atoms with Gasteiger partial charge in [-0.1, -0.05) is 28.9 Å². The van der Waals surface area contributed by atoms with Crippen molar-refractivity contribution in [1.29, 1.82) is 0 Å². The second kappa shape index (κ2) is 6.64. The summed E-state index contributed by atoms with van der Waals surface area (Å²) in [6.45, 7) is 8.92. The number of piperidine rings is 1. The first-order valence-corrected chi connectivity index (χ1v) is 8.81. The number of nitrogens with zero attached hydrogens (tertiary/aromatic N) is 2. The van der Waals surface area contributed by atoms with Gasteiger partial charge in [-0.2, -0.15) is 0 Å². The van der Waals surface area contributed by atoms with Crippen molar-refractivity contribution in [2.24, 2.45) is 5.92 Å². The molecule has 1 N–H and O–H groups in total. The van der Waals surface area contributed by atoms with E-state index in [1.807, 2.05) is 44.7 Å². The third-order valence-electron chi connectivity index (χ3n) is 5.14. The Morgan fingerprint density at radius 1 is 1.36 bits per heavy atom. The predicted octanol–water partition coefficient (Wildman–Crippen LogP) is 3.58. The highest BCUT2D eigenvalue weighted by molar-refractivity contribution is 5.99. The fourth-order valence-corrected chi connectivity index (χ4v) is 3.57. The minimum Gasteiger partial charge on any atom is -0.390 e. The number of hydrogen-bond donors (Lipinski definition) is 1. The zero-order valence-electron chi connectivity index (χ0n) is 15.4. The van der Waals surface area contributed by atoms with Crippen LogP contribution in [0, 0.1) is 19.8 Å². The highest BCUT2D eigenvalue weighted by Crippen LogP contribution is 2.31. The molecule has 1 fully saturated rings. The monoisotopic (exact) mass is 342 g/mol. The highest BCUT2D eigenvalue weighted by atomic mass is 16.5. The molecule has 25 heavy (non-hydrogen) atoms. The van der Waals surface area contributed by atoms with E-state index < -0.39 is 5.60 Å². The molecule has 1 aliphatic heterocycles. The van der Waals surface area contributed by atoms with Gasteiger partial charge in [-0.3, -0.25) is 4.79 Å². The maximum Gasteiger partial charge on any atom is 0.259 e. The molecule has 5 nitrogen and oxygen atoms in total. The Labute approximate surface area is 148 Å². The van der Waals surface area contributed by atoms with Gasteiger partial charge in [0.2, 0.25) is 0 Å². The first-order chi connectivity index (χ1) is 11.8. The number of amides is 1. The molecule has 0 spiro atoms. The predicted molar refractivity (Wildman–Crippen MR) is 96.3 cm³/mol. The van der Waals surface area contributed by atoms with Gasteiger partial charge in [0.05, 0.1) is 5.60 Å². The lowest BCUT2D eigenvalue weighted by Gasteiger charge is -2.38. The van der Waals surface area contributed by atoms with E-state index in [1.54, 1.807) is 0 Å². The molecule has 0 aliphatic carbocycles. The van der Waals surface area contributed by atoms with Crippen molar-refractivity contribution < 1.29 is 14.4 Å². The number of carbonyl (C=O) groups excluding carboxylic acids is 1. The summed E-state index contributed by atoms with van der Waals surface area (Å²) in [5.74, 6) is -0.000189. The van der Waals surface area contributed by atoms with Gasteiger partial charge in [0, 0.05) is 24.6 Å². The molecule has 0 saturated carbocycles. The number of carbonyl (C=O) groups is 1. The van der Waals surface area contributed by atoms with E-state index in [9.17, 15) is 9.90 Å². The summed E-state index contributed by atoms with van der Waals surface area (Å²) >= 11 is 0. The second-order valence-corrected chi connectivity index (χ2v) is 7.64. The zero-order chi connectivity index (χ0) is 18.2. The Balaban J connectivity index is 1.88. The topological polar surface area (TPSA) is 66.6 Å². The molecule has 1 saturated heterocycles. The van der Waals surface area contributed by atoms with Crippen LogP contribution >= 0.6 is 0 Å². The fraction of sp³-hybridized carbons (Fsp3) is 0.500. The maximum absolute atomic E-state index is 13.1. The van der Waals surface area contributed by atoms with Crippen LogP contribution in [0.1, 0.15) is 48.2 Å². The van der Waals surface area contributed by atoms with Crippen molar-refractivity contribution in [2.75, 3.05) is 13.1 Å². The molecule has 0 unspecified atom stereocenters. The van der Waals surface area contributed by atoms with Gasteiger partial charge < -0.3 is 14.5 Å². The van der Waals surface area contributed by atoms with Crippen molar-refractivity contribution in [3.63, 3.8) is 0 Å². The first kappa shape index (κ1) is 17.7. The van der Waals surface area contributed by atoms with Crippen LogP contribution in [0.2, 0.25) is 0 Å². The van der Waals surface area contributed by atoms with Gasteiger partial charge in [-0.15, -0.1) is 0 Å². The normalized spacial score (nSPS) is 18.4. The molecule has 3 rings (SSSR count). The summed E-state index contributed by atoms with van der Waals surface area (Å²) in [6, 6.07) is 6.06. The van der Waals surface area contributed by atoms with E-state index in [0.717, 1.165) is 24.0 Å². The molecule has 134 valence electrons. The van der Waals surface area contributed by atoms with Gasteiger partial charge >= 0.3 is 0 Å². The minimum absolute atomic E-state index is 0.0784. The number of hydrogen-bond acceptors (Lipinski definition) is 4. The lowest BCUT2D eigenvalue weighted by atomic mass is 9.84. The van der Waals surface area contributed by atoms with Gasteiger partial charge in [-0.25, -0.2) is 0 Å². The van der Waals surface area contributed by atoms with Crippen molar-refractivity contribution >= 4 is 5.91 Å². The van der Waals surface area contributed by atoms with Crippen LogP contribution < -0.4 is 0 Å². The van der Waals surface area contributed by atoms with Gasteiger partial charge in [-0.05, 0) is 46.1 Å². The van der Waals surface area contributed by atoms with Crippen LogP contribution in [0.25, 0.3) is 11.3 Å². The van der Waals surface area contributed by atoms with Crippen LogP contribution in [-0.2, 0) is 0 Å². The fourth-order valence-electron chi connectivity index (χ4n) is 3.57. The van der Waals surface area contributed by atoms with Gasteiger partial charge in [0.25, 0.3) is 5.91 Å². The summed E-state index contributed by atoms with van der Waals surface area (Å²) in [5, 5.41) is 14.4. The molecule has 5 heteroatoms. The number of benzene rings is 1. The van der Waals surface area contributed by atoms with E-state index >= 15 is 0 Å². The lowest BCUT2D eigenvalue weighted by molar-refractivity contribution is -0.0146. The molecule has 2 aromatic rings. The molecule has 1 aromatic carbocycles. The standard InChI is InChI=1S/C20H26N2O3/c1-13-7-8-16(14(2)10-13)18-17(12-25-21-18)19(23)22-9-5-6-15(11-22)20(3,4)24/h7-8,10,12,15,24H,5-6,9,11H2,1-4H3/t15-/m0/s1. The SMILES string of the molecule is Cc1ccc(-c2nocc2C(=O)N2CCC[C@H](C(C)(C)O)C2)c(C)c1. The first-order valence-electron chi connectivity index (χ1n) is 8.81. The number of likely N-dealkylation sites (tertiary alicyclic amines) is 1. The molecule has 1 aliphatic rings. The zero-order valence-corrected chi connectivity index (χ0v) is 15.4. The molecule has 1 amide bonds. The van der Waals surface area contributed by atoms with E-state index in [2.05, 4.69) is 11.2 Å². The van der Waals surface area contributed by atoms with E-state index in [4.69, 9.17) is 4.52 Å². The summed E-state index contributed by atoms with van der Waals surface area (Å²) < 4.78 is 5.14. The number of rotatable bonds is 3. The Bertz CT molecular complexity index is 773. The average Bonchev–Trinajstić information content (AvgIpc) is 3.03. The Hall–Kier alpha value is -2.14. The van der Waals surface area contributed by atoms with Crippen LogP contribution in [0.5, 0.6) is 0 Å².